The van der Waals surface area contributed by atoms with E-state index in [1.54, 1.807) is 6.92 Å². The molecule has 1 amide bonds. The highest BCUT2D eigenvalue weighted by Gasteiger charge is 2.43. The van der Waals surface area contributed by atoms with Crippen LogP contribution >= 0.6 is 0 Å². The van der Waals surface area contributed by atoms with Crippen molar-refractivity contribution in [3.8, 4) is 0 Å². The number of carboxylic acids is 1. The van der Waals surface area contributed by atoms with Gasteiger partial charge in [0.05, 0.1) is 0 Å². The van der Waals surface area contributed by atoms with Gasteiger partial charge in [-0.2, -0.15) is 0 Å². The number of hydrogen-bond acceptors (Lipinski definition) is 3. The quantitative estimate of drug-likeness (QED) is 0.878. The Morgan fingerprint density at radius 3 is 2.67 bits per heavy atom. The van der Waals surface area contributed by atoms with Crippen LogP contribution in [0.5, 0.6) is 0 Å². The lowest BCUT2D eigenvalue weighted by molar-refractivity contribution is -0.142. The molecule has 2 atom stereocenters. The van der Waals surface area contributed by atoms with Crippen LogP contribution in [0.2, 0.25) is 0 Å². The highest BCUT2D eigenvalue weighted by atomic mass is 16.6. The van der Waals surface area contributed by atoms with Crippen molar-refractivity contribution in [2.24, 2.45) is 0 Å². The Balaban J connectivity index is 2.03. The second-order valence-corrected chi connectivity index (χ2v) is 4.30. The number of rotatable bonds is 4. The van der Waals surface area contributed by atoms with Crippen LogP contribution in [-0.4, -0.2) is 40.8 Å². The van der Waals surface area contributed by atoms with Gasteiger partial charge < -0.3 is 9.84 Å². The highest BCUT2D eigenvalue weighted by Crippen LogP contribution is 2.20. The molecule has 96 valence electrons. The number of cyclic esters (lactones) is 1. The Kier molecular flexibility index (Phi) is 3.50. The van der Waals surface area contributed by atoms with E-state index < -0.39 is 24.2 Å². The summed E-state index contributed by atoms with van der Waals surface area (Å²) in [5.41, 5.74) is 1.06. The number of nitrogens with zero attached hydrogens (tertiary/aromatic N) is 1. The van der Waals surface area contributed by atoms with Gasteiger partial charge in [0.2, 0.25) is 0 Å². The monoisotopic (exact) mass is 249 g/mol. The second-order valence-electron chi connectivity index (χ2n) is 4.30. The molecule has 2 rings (SSSR count). The fraction of sp³-hybridized carbons (Fsp3) is 0.385. The summed E-state index contributed by atoms with van der Waals surface area (Å²) in [7, 11) is 0. The summed E-state index contributed by atoms with van der Waals surface area (Å²) in [4.78, 5) is 23.9. The van der Waals surface area contributed by atoms with Gasteiger partial charge in [-0.25, -0.2) is 9.59 Å². The average Bonchev–Trinajstić information content (AvgIpc) is 2.62. The first-order valence-corrected chi connectivity index (χ1v) is 5.83. The van der Waals surface area contributed by atoms with Gasteiger partial charge in [0, 0.05) is 6.54 Å². The van der Waals surface area contributed by atoms with Crippen molar-refractivity contribution in [1.82, 2.24) is 4.90 Å². The van der Waals surface area contributed by atoms with Crippen LogP contribution in [0.4, 0.5) is 4.79 Å². The Hall–Kier alpha value is -2.04. The molecule has 0 aromatic heterocycles. The van der Waals surface area contributed by atoms with E-state index in [1.807, 2.05) is 30.3 Å². The van der Waals surface area contributed by atoms with Gasteiger partial charge in [0.25, 0.3) is 0 Å². The van der Waals surface area contributed by atoms with Gasteiger partial charge in [0.1, 0.15) is 6.10 Å². The van der Waals surface area contributed by atoms with Crippen molar-refractivity contribution in [3.63, 3.8) is 0 Å². The maximum atomic E-state index is 11.6. The molecule has 0 spiro atoms. The first-order chi connectivity index (χ1) is 8.59. The molecule has 1 aliphatic rings. The maximum absolute atomic E-state index is 11.6. The Morgan fingerprint density at radius 1 is 1.39 bits per heavy atom. The summed E-state index contributed by atoms with van der Waals surface area (Å²) < 4.78 is 4.94. The molecule has 1 aromatic rings. The van der Waals surface area contributed by atoms with Crippen LogP contribution in [0.1, 0.15) is 12.5 Å². The standard InChI is InChI=1S/C13H15NO4/c1-9-11(12(15)16)14(13(17)18-9)8-7-10-5-3-2-4-6-10/h2-6,9,11H,7-8H2,1H3,(H,15,16). The van der Waals surface area contributed by atoms with E-state index in [4.69, 9.17) is 9.84 Å². The van der Waals surface area contributed by atoms with Crippen molar-refractivity contribution >= 4 is 12.1 Å². The molecule has 5 nitrogen and oxygen atoms in total. The zero-order valence-electron chi connectivity index (χ0n) is 10.1. The van der Waals surface area contributed by atoms with Crippen molar-refractivity contribution in [1.29, 1.82) is 0 Å². The molecule has 1 aromatic carbocycles. The van der Waals surface area contributed by atoms with E-state index in [-0.39, 0.29) is 0 Å². The third-order valence-electron chi connectivity index (χ3n) is 3.04. The van der Waals surface area contributed by atoms with Gasteiger partial charge in [-0.3, -0.25) is 4.90 Å². The number of hydrogen-bond donors (Lipinski definition) is 1. The third-order valence-corrected chi connectivity index (χ3v) is 3.04. The number of benzene rings is 1. The SMILES string of the molecule is CC1OC(=O)N(CCc2ccccc2)C1C(=O)O. The number of carbonyl (C=O) groups excluding carboxylic acids is 1. The molecule has 0 saturated carbocycles. The molecule has 2 unspecified atom stereocenters. The van der Waals surface area contributed by atoms with Crippen LogP contribution in [0.3, 0.4) is 0 Å². The highest BCUT2D eigenvalue weighted by molar-refractivity contribution is 5.83. The topological polar surface area (TPSA) is 66.8 Å². The Bertz CT molecular complexity index is 446. The molecule has 1 N–H and O–H groups in total. The number of ether oxygens (including phenoxy) is 1. The van der Waals surface area contributed by atoms with Crippen molar-refractivity contribution < 1.29 is 19.4 Å². The molecule has 5 heteroatoms. The smallest absolute Gasteiger partial charge is 0.411 e. The van der Waals surface area contributed by atoms with Gasteiger partial charge >= 0.3 is 12.1 Å². The number of amides is 1. The van der Waals surface area contributed by atoms with Gasteiger partial charge in [-0.15, -0.1) is 0 Å². The Morgan fingerprint density at radius 2 is 2.06 bits per heavy atom. The molecule has 1 fully saturated rings. The van der Waals surface area contributed by atoms with Gasteiger partial charge in [-0.05, 0) is 18.9 Å². The summed E-state index contributed by atoms with van der Waals surface area (Å²) in [6.07, 6.45) is -0.538. The number of aliphatic carboxylic acids is 1. The first kappa shape index (κ1) is 12.4. The molecule has 1 aliphatic heterocycles. The zero-order chi connectivity index (χ0) is 13.1. The van der Waals surface area contributed by atoms with Crippen LogP contribution in [0.25, 0.3) is 0 Å². The van der Waals surface area contributed by atoms with E-state index >= 15 is 0 Å². The van der Waals surface area contributed by atoms with E-state index in [2.05, 4.69) is 0 Å². The lowest BCUT2D eigenvalue weighted by Crippen LogP contribution is -2.43. The first-order valence-electron chi connectivity index (χ1n) is 5.83. The lowest BCUT2D eigenvalue weighted by atomic mass is 10.1. The lowest BCUT2D eigenvalue weighted by Gasteiger charge is -2.19. The van der Waals surface area contributed by atoms with Crippen LogP contribution < -0.4 is 0 Å². The molecule has 0 bridgehead atoms. The fourth-order valence-electron chi connectivity index (χ4n) is 2.12. The van der Waals surface area contributed by atoms with Crippen molar-refractivity contribution in [2.45, 2.75) is 25.5 Å². The van der Waals surface area contributed by atoms with Crippen LogP contribution in [0, 0.1) is 0 Å². The van der Waals surface area contributed by atoms with E-state index in [0.717, 1.165) is 5.56 Å². The normalized spacial score (nSPS) is 22.9. The van der Waals surface area contributed by atoms with Crippen molar-refractivity contribution in [3.05, 3.63) is 35.9 Å². The molecule has 1 saturated heterocycles. The fourth-order valence-corrected chi connectivity index (χ4v) is 2.12. The largest absolute Gasteiger partial charge is 0.480 e. The molecule has 0 aliphatic carbocycles. The Labute approximate surface area is 105 Å². The minimum atomic E-state index is -1.03. The summed E-state index contributed by atoms with van der Waals surface area (Å²) >= 11 is 0. The minimum Gasteiger partial charge on any atom is -0.480 e. The van der Waals surface area contributed by atoms with Crippen molar-refractivity contribution in [2.75, 3.05) is 6.54 Å². The summed E-state index contributed by atoms with van der Waals surface area (Å²) in [6, 6.07) is 8.74. The van der Waals surface area contributed by atoms with E-state index in [1.165, 1.54) is 4.90 Å². The van der Waals surface area contributed by atoms with Gasteiger partial charge in [0.15, 0.2) is 6.04 Å². The molecule has 1 heterocycles. The van der Waals surface area contributed by atoms with E-state index in [0.29, 0.717) is 13.0 Å². The molecular weight excluding hydrogens is 234 g/mol. The number of carboxylic acid groups (broad SMARTS) is 1. The predicted octanol–water partition coefficient (Wildman–Crippen LogP) is 1.52. The molecular formula is C13H15NO4. The summed E-state index contributed by atoms with van der Waals surface area (Å²) in [5.74, 6) is -1.03. The van der Waals surface area contributed by atoms with Crippen LogP contribution in [0.15, 0.2) is 30.3 Å². The average molecular weight is 249 g/mol. The summed E-state index contributed by atoms with van der Waals surface area (Å²) in [6.45, 7) is 1.95. The molecule has 0 radical (unpaired) electrons. The third kappa shape index (κ3) is 2.45. The van der Waals surface area contributed by atoms with E-state index in [9.17, 15) is 9.59 Å². The molecule has 18 heavy (non-hydrogen) atoms. The van der Waals surface area contributed by atoms with Crippen LogP contribution in [-0.2, 0) is 16.0 Å². The minimum absolute atomic E-state index is 0.351. The summed E-state index contributed by atoms with van der Waals surface area (Å²) in [5, 5.41) is 9.10. The zero-order valence-corrected chi connectivity index (χ0v) is 10.1. The predicted molar refractivity (Wildman–Crippen MR) is 64.2 cm³/mol. The van der Waals surface area contributed by atoms with Gasteiger partial charge in [-0.1, -0.05) is 30.3 Å². The second kappa shape index (κ2) is 5.08. The number of carbonyl (C=O) groups is 2. The maximum Gasteiger partial charge on any atom is 0.411 e.